The molecule has 0 fully saturated rings. The van der Waals surface area contributed by atoms with Crippen LogP contribution in [0.5, 0.6) is 0 Å². The largest absolute Gasteiger partial charge is 0.310 e. The van der Waals surface area contributed by atoms with E-state index >= 15 is 0 Å². The fourth-order valence-electron chi connectivity index (χ4n) is 1.99. The number of allylic oxidation sites excluding steroid dienone is 1. The minimum atomic E-state index is 0.425. The molecule has 0 saturated heterocycles. The first kappa shape index (κ1) is 14.5. The van der Waals surface area contributed by atoms with E-state index in [1.807, 2.05) is 0 Å². The van der Waals surface area contributed by atoms with Crippen LogP contribution in [0.15, 0.2) is 34.8 Å². The SMILES string of the molecule is C=C(C)CCC(NCC)c1cc(Br)ccc1C. The Morgan fingerprint density at radius 2 is 2.18 bits per heavy atom. The number of hydrogen-bond acceptors (Lipinski definition) is 1. The molecule has 0 aromatic heterocycles. The van der Waals surface area contributed by atoms with Crippen molar-refractivity contribution in [1.29, 1.82) is 0 Å². The topological polar surface area (TPSA) is 12.0 Å². The number of nitrogens with one attached hydrogen (secondary N) is 1. The van der Waals surface area contributed by atoms with Gasteiger partial charge in [0.25, 0.3) is 0 Å². The van der Waals surface area contributed by atoms with Gasteiger partial charge in [-0.25, -0.2) is 0 Å². The summed E-state index contributed by atoms with van der Waals surface area (Å²) in [4.78, 5) is 0. The number of halogens is 1. The van der Waals surface area contributed by atoms with Gasteiger partial charge in [0.1, 0.15) is 0 Å². The monoisotopic (exact) mass is 295 g/mol. The average molecular weight is 296 g/mol. The van der Waals surface area contributed by atoms with Gasteiger partial charge >= 0.3 is 0 Å². The maximum atomic E-state index is 3.98. The third-order valence-corrected chi connectivity index (χ3v) is 3.42. The molecule has 94 valence electrons. The molecule has 1 aromatic rings. The molecule has 2 heteroatoms. The van der Waals surface area contributed by atoms with Crippen molar-refractivity contribution in [3.63, 3.8) is 0 Å². The fraction of sp³-hybridized carbons (Fsp3) is 0.467. The summed E-state index contributed by atoms with van der Waals surface area (Å²) in [5.74, 6) is 0. The van der Waals surface area contributed by atoms with Crippen molar-refractivity contribution in [2.45, 2.75) is 39.7 Å². The molecule has 1 nitrogen and oxygen atoms in total. The van der Waals surface area contributed by atoms with Crippen LogP contribution in [0.1, 0.15) is 43.9 Å². The molecular weight excluding hydrogens is 274 g/mol. The first-order valence-corrected chi connectivity index (χ1v) is 6.97. The molecule has 0 saturated carbocycles. The summed E-state index contributed by atoms with van der Waals surface area (Å²) in [6, 6.07) is 6.92. The maximum Gasteiger partial charge on any atom is 0.0326 e. The molecule has 0 aliphatic carbocycles. The molecule has 0 radical (unpaired) electrons. The van der Waals surface area contributed by atoms with Gasteiger partial charge in [0.2, 0.25) is 0 Å². The van der Waals surface area contributed by atoms with Crippen LogP contribution in [-0.4, -0.2) is 6.54 Å². The molecule has 0 amide bonds. The highest BCUT2D eigenvalue weighted by molar-refractivity contribution is 9.10. The zero-order valence-corrected chi connectivity index (χ0v) is 12.6. The van der Waals surface area contributed by atoms with Crippen LogP contribution < -0.4 is 5.32 Å². The van der Waals surface area contributed by atoms with Crippen molar-refractivity contribution in [2.24, 2.45) is 0 Å². The zero-order valence-electron chi connectivity index (χ0n) is 11.0. The molecule has 1 unspecified atom stereocenters. The smallest absolute Gasteiger partial charge is 0.0326 e. The molecule has 0 aliphatic heterocycles. The minimum absolute atomic E-state index is 0.425. The van der Waals surface area contributed by atoms with E-state index in [4.69, 9.17) is 0 Å². The van der Waals surface area contributed by atoms with Gasteiger partial charge in [0, 0.05) is 10.5 Å². The minimum Gasteiger partial charge on any atom is -0.310 e. The molecule has 0 heterocycles. The van der Waals surface area contributed by atoms with Gasteiger partial charge < -0.3 is 5.32 Å². The molecular formula is C15H22BrN. The van der Waals surface area contributed by atoms with E-state index in [2.05, 4.69) is 66.8 Å². The van der Waals surface area contributed by atoms with Gasteiger partial charge in [-0.15, -0.1) is 6.58 Å². The highest BCUT2D eigenvalue weighted by Gasteiger charge is 2.12. The molecule has 1 rings (SSSR count). The molecule has 0 aliphatic rings. The van der Waals surface area contributed by atoms with Crippen molar-refractivity contribution >= 4 is 15.9 Å². The van der Waals surface area contributed by atoms with Gasteiger partial charge in [-0.3, -0.25) is 0 Å². The first-order chi connectivity index (χ1) is 8.04. The van der Waals surface area contributed by atoms with Crippen LogP contribution >= 0.6 is 15.9 Å². The molecule has 1 atom stereocenters. The molecule has 1 N–H and O–H groups in total. The lowest BCUT2D eigenvalue weighted by Crippen LogP contribution is -2.21. The van der Waals surface area contributed by atoms with Crippen LogP contribution in [0.4, 0.5) is 0 Å². The van der Waals surface area contributed by atoms with Crippen LogP contribution in [0, 0.1) is 6.92 Å². The van der Waals surface area contributed by atoms with Crippen molar-refractivity contribution in [3.8, 4) is 0 Å². The summed E-state index contributed by atoms with van der Waals surface area (Å²) < 4.78 is 1.15. The van der Waals surface area contributed by atoms with E-state index in [0.717, 1.165) is 23.9 Å². The van der Waals surface area contributed by atoms with E-state index in [9.17, 15) is 0 Å². The molecule has 0 spiro atoms. The molecule has 17 heavy (non-hydrogen) atoms. The Labute approximate surface area is 113 Å². The summed E-state index contributed by atoms with van der Waals surface area (Å²) in [6.07, 6.45) is 2.18. The van der Waals surface area contributed by atoms with Crippen molar-refractivity contribution in [2.75, 3.05) is 6.54 Å². The quantitative estimate of drug-likeness (QED) is 0.746. The van der Waals surface area contributed by atoms with Gasteiger partial charge in [0.15, 0.2) is 0 Å². The summed E-state index contributed by atoms with van der Waals surface area (Å²) >= 11 is 3.55. The van der Waals surface area contributed by atoms with Gasteiger partial charge in [-0.05, 0) is 56.5 Å². The van der Waals surface area contributed by atoms with Gasteiger partial charge in [-0.1, -0.05) is 34.5 Å². The molecule has 1 aromatic carbocycles. The Morgan fingerprint density at radius 1 is 1.47 bits per heavy atom. The predicted molar refractivity (Wildman–Crippen MR) is 79.3 cm³/mol. The zero-order chi connectivity index (χ0) is 12.8. The van der Waals surface area contributed by atoms with Crippen LogP contribution in [-0.2, 0) is 0 Å². The van der Waals surface area contributed by atoms with Gasteiger partial charge in [-0.2, -0.15) is 0 Å². The Kier molecular flexibility index (Phi) is 5.93. The third kappa shape index (κ3) is 4.64. The Balaban J connectivity index is 2.87. The maximum absolute atomic E-state index is 3.98. The van der Waals surface area contributed by atoms with E-state index in [0.29, 0.717) is 6.04 Å². The lowest BCUT2D eigenvalue weighted by atomic mass is 9.96. The number of aryl methyl sites for hydroxylation is 1. The van der Waals surface area contributed by atoms with E-state index < -0.39 is 0 Å². The van der Waals surface area contributed by atoms with Crippen LogP contribution in [0.2, 0.25) is 0 Å². The third-order valence-electron chi connectivity index (χ3n) is 2.93. The molecule has 0 bridgehead atoms. The van der Waals surface area contributed by atoms with Gasteiger partial charge in [0.05, 0.1) is 0 Å². The normalized spacial score (nSPS) is 12.5. The van der Waals surface area contributed by atoms with E-state index in [1.54, 1.807) is 0 Å². The first-order valence-electron chi connectivity index (χ1n) is 6.18. The Hall–Kier alpha value is -0.600. The van der Waals surface area contributed by atoms with Crippen LogP contribution in [0.3, 0.4) is 0 Å². The lowest BCUT2D eigenvalue weighted by Gasteiger charge is -2.20. The highest BCUT2D eigenvalue weighted by Crippen LogP contribution is 2.26. The average Bonchev–Trinajstić information content (AvgIpc) is 2.27. The Bertz CT molecular complexity index is 385. The Morgan fingerprint density at radius 3 is 2.76 bits per heavy atom. The van der Waals surface area contributed by atoms with Crippen molar-refractivity contribution in [3.05, 3.63) is 46.0 Å². The summed E-state index contributed by atoms with van der Waals surface area (Å²) in [5, 5.41) is 3.56. The number of benzene rings is 1. The fourth-order valence-corrected chi connectivity index (χ4v) is 2.37. The standard InChI is InChI=1S/C15H22BrN/c1-5-17-15(9-6-11(2)3)14-10-13(16)8-7-12(14)4/h7-8,10,15,17H,2,5-6,9H2,1,3-4H3. The number of rotatable bonds is 6. The van der Waals surface area contributed by atoms with Crippen molar-refractivity contribution < 1.29 is 0 Å². The second-order valence-corrected chi connectivity index (χ2v) is 5.52. The highest BCUT2D eigenvalue weighted by atomic mass is 79.9. The summed E-state index contributed by atoms with van der Waals surface area (Å²) in [5.41, 5.74) is 3.99. The summed E-state index contributed by atoms with van der Waals surface area (Å²) in [6.45, 7) is 11.4. The summed E-state index contributed by atoms with van der Waals surface area (Å²) in [7, 11) is 0. The van der Waals surface area contributed by atoms with Crippen LogP contribution in [0.25, 0.3) is 0 Å². The second kappa shape index (κ2) is 6.97. The predicted octanol–water partition coefficient (Wildman–Crippen LogP) is 4.76. The van der Waals surface area contributed by atoms with Crippen molar-refractivity contribution in [1.82, 2.24) is 5.32 Å². The number of hydrogen-bond donors (Lipinski definition) is 1. The second-order valence-electron chi connectivity index (χ2n) is 4.61. The van der Waals surface area contributed by atoms with E-state index in [-0.39, 0.29) is 0 Å². The van der Waals surface area contributed by atoms with E-state index in [1.165, 1.54) is 16.7 Å². The lowest BCUT2D eigenvalue weighted by molar-refractivity contribution is 0.512.